The maximum atomic E-state index is 14.2. The predicted molar refractivity (Wildman–Crippen MR) is 153 cm³/mol. The maximum absolute atomic E-state index is 14.2. The quantitative estimate of drug-likeness (QED) is 0.419. The van der Waals surface area contributed by atoms with Crippen molar-refractivity contribution >= 4 is 41.0 Å². The number of likely N-dealkylation sites (tertiary alicyclic amines) is 1. The Morgan fingerprint density at radius 1 is 1.10 bits per heavy atom. The molecule has 0 aliphatic carbocycles. The third-order valence-electron chi connectivity index (χ3n) is 7.47. The smallest absolute Gasteiger partial charge is 0.430 e. The molecule has 0 saturated carbocycles. The summed E-state index contributed by atoms with van der Waals surface area (Å²) in [5.41, 5.74) is -3.88. The van der Waals surface area contributed by atoms with Crippen molar-refractivity contribution in [1.82, 2.24) is 15.2 Å². The molecule has 1 unspecified atom stereocenters. The number of halogens is 4. The summed E-state index contributed by atoms with van der Waals surface area (Å²) in [7, 11) is 1.53. The first-order chi connectivity index (χ1) is 19.5. The van der Waals surface area contributed by atoms with E-state index in [-0.39, 0.29) is 41.8 Å². The Kier molecular flexibility index (Phi) is 9.97. The van der Waals surface area contributed by atoms with Crippen LogP contribution in [0.3, 0.4) is 0 Å². The number of nitrogens with zero attached hydrogens (tertiary/aromatic N) is 3. The number of piperidine rings is 2. The van der Waals surface area contributed by atoms with Crippen molar-refractivity contribution in [2.45, 2.75) is 54.9 Å². The zero-order chi connectivity index (χ0) is 29.8. The summed E-state index contributed by atoms with van der Waals surface area (Å²) in [5.74, 6) is -0.789. The number of alkyl halides is 3. The molecule has 41 heavy (non-hydrogen) atoms. The van der Waals surface area contributed by atoms with Crippen molar-refractivity contribution in [1.29, 1.82) is 0 Å². The van der Waals surface area contributed by atoms with E-state index in [2.05, 4.69) is 15.2 Å². The van der Waals surface area contributed by atoms with E-state index in [4.69, 9.17) is 16.3 Å². The van der Waals surface area contributed by atoms with E-state index in [9.17, 15) is 27.9 Å². The molecule has 8 nitrogen and oxygen atoms in total. The van der Waals surface area contributed by atoms with Crippen LogP contribution in [0.15, 0.2) is 36.4 Å². The maximum Gasteiger partial charge on any atom is 0.430 e. The highest BCUT2D eigenvalue weighted by atomic mass is 35.5. The number of thioether (sulfide) groups is 1. The van der Waals surface area contributed by atoms with E-state index < -0.39 is 23.2 Å². The molecule has 1 aromatic carbocycles. The second-order valence-corrected chi connectivity index (χ2v) is 12.0. The molecule has 1 atom stereocenters. The van der Waals surface area contributed by atoms with E-state index in [0.717, 1.165) is 43.0 Å². The summed E-state index contributed by atoms with van der Waals surface area (Å²) in [6.07, 6.45) is -2.33. The van der Waals surface area contributed by atoms with Crippen molar-refractivity contribution in [2.75, 3.05) is 44.7 Å². The summed E-state index contributed by atoms with van der Waals surface area (Å²) in [6, 6.07) is 8.44. The van der Waals surface area contributed by atoms with Crippen molar-refractivity contribution < 1.29 is 32.6 Å². The van der Waals surface area contributed by atoms with Gasteiger partial charge in [-0.3, -0.25) is 9.59 Å². The summed E-state index contributed by atoms with van der Waals surface area (Å²) in [4.78, 5) is 32.7. The largest absolute Gasteiger partial charge is 0.494 e. The number of carbonyl (C=O) groups is 2. The molecule has 3 heterocycles. The Bertz CT molecular complexity index is 1240. The number of benzene rings is 1. The minimum Gasteiger partial charge on any atom is -0.494 e. The Morgan fingerprint density at radius 3 is 2.29 bits per heavy atom. The Labute approximate surface area is 246 Å². The van der Waals surface area contributed by atoms with E-state index >= 15 is 0 Å². The highest BCUT2D eigenvalue weighted by molar-refractivity contribution is 8.00. The molecule has 1 aromatic heterocycles. The zero-order valence-corrected chi connectivity index (χ0v) is 24.5. The monoisotopic (exact) mass is 614 g/mol. The van der Waals surface area contributed by atoms with Crippen LogP contribution < -0.4 is 15.0 Å². The van der Waals surface area contributed by atoms with E-state index in [0.29, 0.717) is 29.5 Å². The van der Waals surface area contributed by atoms with Gasteiger partial charge in [0.05, 0.1) is 12.2 Å². The molecular formula is C28H34ClF3N4O4S. The zero-order valence-electron chi connectivity index (χ0n) is 22.9. The molecule has 2 aromatic rings. The fraction of sp³-hybridized carbons (Fsp3) is 0.536. The Balaban J connectivity index is 1.32. The summed E-state index contributed by atoms with van der Waals surface area (Å²) >= 11 is 8.02. The van der Waals surface area contributed by atoms with Gasteiger partial charge in [-0.1, -0.05) is 23.7 Å². The normalized spacial score (nSPS) is 18.6. The predicted octanol–water partition coefficient (Wildman–Crippen LogP) is 4.64. The van der Waals surface area contributed by atoms with Crippen LogP contribution in [-0.4, -0.2) is 83.3 Å². The minimum absolute atomic E-state index is 0.138. The van der Waals surface area contributed by atoms with Gasteiger partial charge in [-0.15, -0.1) is 0 Å². The number of carbonyl (C=O) groups excluding carboxylic acids is 2. The summed E-state index contributed by atoms with van der Waals surface area (Å²) in [6.45, 7) is 3.73. The standard InChI is InChI=1S/C28H34ClF3N4O4S/c1-3-40-19-6-4-5-18(17-19)27(39,28(30,31)32)26(38)36-15-11-21(12-16-36)41-20-9-13-35(14-10-20)23-8-7-22(24(29)34-23)25(37)33-2/h4-8,17,20-21,39H,3,9-16H2,1-2H3,(H,33,37). The lowest BCUT2D eigenvalue weighted by molar-refractivity contribution is -0.262. The van der Waals surface area contributed by atoms with Gasteiger partial charge in [-0.25, -0.2) is 4.98 Å². The van der Waals surface area contributed by atoms with Crippen LogP contribution in [0, 0.1) is 0 Å². The van der Waals surface area contributed by atoms with Gasteiger partial charge in [0, 0.05) is 49.3 Å². The number of hydrogen-bond donors (Lipinski definition) is 2. The summed E-state index contributed by atoms with van der Waals surface area (Å²) < 4.78 is 47.8. The van der Waals surface area contributed by atoms with Crippen LogP contribution in [0.25, 0.3) is 0 Å². The van der Waals surface area contributed by atoms with Crippen molar-refractivity contribution in [3.8, 4) is 5.75 Å². The van der Waals surface area contributed by atoms with Crippen LogP contribution in [-0.2, 0) is 10.4 Å². The van der Waals surface area contributed by atoms with Crippen LogP contribution in [0.1, 0.15) is 48.5 Å². The van der Waals surface area contributed by atoms with Crippen molar-refractivity contribution in [3.05, 3.63) is 52.7 Å². The van der Waals surface area contributed by atoms with Crippen LogP contribution >= 0.6 is 23.4 Å². The van der Waals surface area contributed by atoms with Crippen molar-refractivity contribution in [2.24, 2.45) is 0 Å². The molecule has 13 heteroatoms. The third-order valence-corrected chi connectivity index (χ3v) is 9.47. The van der Waals surface area contributed by atoms with E-state index in [1.165, 1.54) is 19.2 Å². The van der Waals surface area contributed by atoms with Gasteiger partial charge >= 0.3 is 6.18 Å². The van der Waals surface area contributed by atoms with Crippen LogP contribution in [0.2, 0.25) is 5.15 Å². The van der Waals surface area contributed by atoms with Gasteiger partial charge < -0.3 is 25.0 Å². The van der Waals surface area contributed by atoms with Crippen LogP contribution in [0.4, 0.5) is 19.0 Å². The lowest BCUT2D eigenvalue weighted by atomic mass is 9.90. The van der Waals surface area contributed by atoms with Gasteiger partial charge in [0.25, 0.3) is 17.4 Å². The molecule has 2 aliphatic heterocycles. The minimum atomic E-state index is -5.20. The lowest BCUT2D eigenvalue weighted by Gasteiger charge is -2.40. The molecule has 2 amide bonds. The SMILES string of the molecule is CCOc1cccc(C(O)(C(=O)N2CCC(SC3CCN(c4ccc(C(=O)NC)c(Cl)n4)CC3)CC2)C(F)(F)F)c1. The topological polar surface area (TPSA) is 95.0 Å². The molecule has 2 N–H and O–H groups in total. The van der Waals surface area contributed by atoms with E-state index in [1.807, 2.05) is 11.8 Å². The second kappa shape index (κ2) is 13.1. The average Bonchev–Trinajstić information content (AvgIpc) is 2.96. The fourth-order valence-corrected chi connectivity index (χ4v) is 6.95. The number of rotatable bonds is 8. The number of aromatic nitrogens is 1. The van der Waals surface area contributed by atoms with Gasteiger partial charge in [-0.2, -0.15) is 24.9 Å². The molecular weight excluding hydrogens is 581 g/mol. The number of ether oxygens (including phenoxy) is 1. The molecule has 2 aliphatic rings. The van der Waals surface area contributed by atoms with Crippen molar-refractivity contribution in [3.63, 3.8) is 0 Å². The number of anilines is 1. The number of hydrogen-bond acceptors (Lipinski definition) is 7. The number of aliphatic hydroxyl groups is 1. The number of nitrogens with one attached hydrogen (secondary N) is 1. The van der Waals surface area contributed by atoms with Gasteiger partial charge in [0.15, 0.2) is 0 Å². The molecule has 0 bridgehead atoms. The second-order valence-electron chi connectivity index (χ2n) is 10.1. The van der Waals surface area contributed by atoms with Gasteiger partial charge in [0.2, 0.25) is 0 Å². The highest BCUT2D eigenvalue weighted by Gasteiger charge is 2.62. The molecule has 0 spiro atoms. The average molecular weight is 615 g/mol. The van der Waals surface area contributed by atoms with Crippen LogP contribution in [0.5, 0.6) is 5.75 Å². The first kappa shape index (κ1) is 31.2. The van der Waals surface area contributed by atoms with Gasteiger partial charge in [-0.05, 0) is 56.9 Å². The molecule has 4 rings (SSSR count). The first-order valence-corrected chi connectivity index (χ1v) is 14.9. The molecule has 0 radical (unpaired) electrons. The first-order valence-electron chi connectivity index (χ1n) is 13.6. The molecule has 224 valence electrons. The lowest BCUT2D eigenvalue weighted by Crippen LogP contribution is -2.57. The Hall–Kier alpha value is -2.70. The number of pyridine rings is 1. The Morgan fingerprint density at radius 2 is 1.73 bits per heavy atom. The molecule has 2 fully saturated rings. The number of amides is 2. The third kappa shape index (κ3) is 6.86. The summed E-state index contributed by atoms with van der Waals surface area (Å²) in [5, 5.41) is 14.1. The van der Waals surface area contributed by atoms with Gasteiger partial charge in [0.1, 0.15) is 16.7 Å². The van der Waals surface area contributed by atoms with E-state index in [1.54, 1.807) is 19.1 Å². The molecule has 2 saturated heterocycles. The fourth-order valence-electron chi connectivity index (χ4n) is 5.21. The highest BCUT2D eigenvalue weighted by Crippen LogP contribution is 2.42.